The van der Waals surface area contributed by atoms with Crippen molar-refractivity contribution >= 4 is 0 Å². The van der Waals surface area contributed by atoms with Crippen LogP contribution in [0.15, 0.2) is 24.3 Å². The number of hydrogen-bond acceptors (Lipinski definition) is 2. The molecule has 1 aromatic rings. The second-order valence-corrected chi connectivity index (χ2v) is 3.70. The molecule has 0 bridgehead atoms. The quantitative estimate of drug-likeness (QED) is 0.599. The van der Waals surface area contributed by atoms with Gasteiger partial charge in [0.1, 0.15) is 6.79 Å². The van der Waals surface area contributed by atoms with Crippen molar-refractivity contribution in [2.24, 2.45) is 0 Å². The molecule has 1 aliphatic heterocycles. The molecule has 1 fully saturated rings. The van der Waals surface area contributed by atoms with E-state index in [2.05, 4.69) is 24.3 Å². The lowest BCUT2D eigenvalue weighted by Crippen LogP contribution is -2.29. The minimum Gasteiger partial charge on any atom is -0.355 e. The topological polar surface area (TPSA) is 18.5 Å². The Morgan fingerprint density at radius 2 is 2.15 bits per heavy atom. The lowest BCUT2D eigenvalue weighted by Gasteiger charge is -2.26. The van der Waals surface area contributed by atoms with Crippen LogP contribution in [0.4, 0.5) is 0 Å². The van der Waals surface area contributed by atoms with Gasteiger partial charge in [-0.25, -0.2) is 0 Å². The van der Waals surface area contributed by atoms with Crippen LogP contribution >= 0.6 is 0 Å². The molecular formula is C11H12O2. The van der Waals surface area contributed by atoms with Crippen LogP contribution in [0.25, 0.3) is 0 Å². The Labute approximate surface area is 77.5 Å². The summed E-state index contributed by atoms with van der Waals surface area (Å²) in [5.74, 6) is 0.477. The highest BCUT2D eigenvalue weighted by Crippen LogP contribution is 2.36. The molecule has 1 saturated heterocycles. The average molecular weight is 176 g/mol. The highest BCUT2D eigenvalue weighted by molar-refractivity contribution is 5.37. The van der Waals surface area contributed by atoms with E-state index < -0.39 is 0 Å². The summed E-state index contributed by atoms with van der Waals surface area (Å²) < 4.78 is 10.9. The van der Waals surface area contributed by atoms with E-state index in [0.717, 1.165) is 13.0 Å². The molecule has 0 unspecified atom stereocenters. The van der Waals surface area contributed by atoms with E-state index in [9.17, 15) is 0 Å². The Morgan fingerprint density at radius 3 is 3.15 bits per heavy atom. The highest BCUT2D eigenvalue weighted by atomic mass is 16.7. The molecular weight excluding hydrogens is 164 g/mol. The summed E-state index contributed by atoms with van der Waals surface area (Å²) in [6, 6.07) is 8.57. The molecule has 1 heterocycles. The van der Waals surface area contributed by atoms with Crippen molar-refractivity contribution in [1.82, 2.24) is 0 Å². The molecule has 3 rings (SSSR count). The van der Waals surface area contributed by atoms with Crippen molar-refractivity contribution in [3.05, 3.63) is 35.4 Å². The zero-order valence-electron chi connectivity index (χ0n) is 7.40. The van der Waals surface area contributed by atoms with Gasteiger partial charge in [-0.1, -0.05) is 24.3 Å². The molecule has 13 heavy (non-hydrogen) atoms. The van der Waals surface area contributed by atoms with Gasteiger partial charge in [-0.15, -0.1) is 0 Å². The third kappa shape index (κ3) is 1.10. The molecule has 2 nitrogen and oxygen atoms in total. The second kappa shape index (κ2) is 2.82. The van der Waals surface area contributed by atoms with Crippen LogP contribution in [-0.4, -0.2) is 19.5 Å². The summed E-state index contributed by atoms with van der Waals surface area (Å²) in [5, 5.41) is 0. The van der Waals surface area contributed by atoms with Crippen LogP contribution in [0, 0.1) is 0 Å². The molecule has 0 aromatic heterocycles. The fraction of sp³-hybridized carbons (Fsp3) is 0.455. The molecule has 0 saturated carbocycles. The summed E-state index contributed by atoms with van der Waals surface area (Å²) >= 11 is 0. The van der Waals surface area contributed by atoms with Crippen LogP contribution in [0.3, 0.4) is 0 Å². The van der Waals surface area contributed by atoms with Gasteiger partial charge in [0.05, 0.1) is 12.7 Å². The SMILES string of the molecule is c1ccc2c(c1)C[C@H]1OCOC[C@H]21. The molecule has 0 N–H and O–H groups in total. The minimum absolute atomic E-state index is 0.367. The van der Waals surface area contributed by atoms with Crippen molar-refractivity contribution in [3.8, 4) is 0 Å². The molecule has 0 spiro atoms. The molecule has 68 valence electrons. The van der Waals surface area contributed by atoms with Gasteiger partial charge >= 0.3 is 0 Å². The number of ether oxygens (including phenoxy) is 2. The van der Waals surface area contributed by atoms with Crippen molar-refractivity contribution in [2.45, 2.75) is 18.4 Å². The normalized spacial score (nSPS) is 31.1. The average Bonchev–Trinajstić information content (AvgIpc) is 2.56. The van der Waals surface area contributed by atoms with Gasteiger partial charge in [0.15, 0.2) is 0 Å². The lowest BCUT2D eigenvalue weighted by atomic mass is 10.0. The van der Waals surface area contributed by atoms with E-state index in [-0.39, 0.29) is 0 Å². The van der Waals surface area contributed by atoms with Gasteiger partial charge in [-0.3, -0.25) is 0 Å². The van der Waals surface area contributed by atoms with Gasteiger partial charge in [-0.05, 0) is 17.5 Å². The Balaban J connectivity index is 2.01. The highest BCUT2D eigenvalue weighted by Gasteiger charge is 2.35. The number of benzene rings is 1. The van der Waals surface area contributed by atoms with Crippen LogP contribution in [0.2, 0.25) is 0 Å². The van der Waals surface area contributed by atoms with Crippen molar-refractivity contribution in [2.75, 3.05) is 13.4 Å². The summed E-state index contributed by atoms with van der Waals surface area (Å²) in [6.07, 6.45) is 1.43. The molecule has 2 heteroatoms. The minimum atomic E-state index is 0.367. The Hall–Kier alpha value is -0.860. The number of rotatable bonds is 0. The van der Waals surface area contributed by atoms with E-state index in [4.69, 9.17) is 9.47 Å². The van der Waals surface area contributed by atoms with E-state index >= 15 is 0 Å². The molecule has 2 atom stereocenters. The van der Waals surface area contributed by atoms with Crippen molar-refractivity contribution < 1.29 is 9.47 Å². The molecule has 1 aromatic carbocycles. The maximum atomic E-state index is 5.56. The van der Waals surface area contributed by atoms with E-state index in [1.807, 2.05) is 0 Å². The van der Waals surface area contributed by atoms with Crippen molar-refractivity contribution in [3.63, 3.8) is 0 Å². The fourth-order valence-electron chi connectivity index (χ4n) is 2.32. The van der Waals surface area contributed by atoms with Crippen LogP contribution in [0.5, 0.6) is 0 Å². The predicted octanol–water partition coefficient (Wildman–Crippen LogP) is 1.70. The maximum Gasteiger partial charge on any atom is 0.147 e. The van der Waals surface area contributed by atoms with Gasteiger partial charge in [-0.2, -0.15) is 0 Å². The molecule has 1 aliphatic carbocycles. The van der Waals surface area contributed by atoms with Crippen molar-refractivity contribution in [1.29, 1.82) is 0 Å². The third-order valence-corrected chi connectivity index (χ3v) is 2.99. The smallest absolute Gasteiger partial charge is 0.147 e. The predicted molar refractivity (Wildman–Crippen MR) is 48.6 cm³/mol. The van der Waals surface area contributed by atoms with Gasteiger partial charge in [0.25, 0.3) is 0 Å². The monoisotopic (exact) mass is 176 g/mol. The summed E-state index contributed by atoms with van der Waals surface area (Å²) in [6.45, 7) is 1.29. The van der Waals surface area contributed by atoms with Crippen LogP contribution in [-0.2, 0) is 15.9 Å². The van der Waals surface area contributed by atoms with Crippen LogP contribution < -0.4 is 0 Å². The maximum absolute atomic E-state index is 5.56. The van der Waals surface area contributed by atoms with Gasteiger partial charge < -0.3 is 9.47 Å². The zero-order valence-corrected chi connectivity index (χ0v) is 7.40. The largest absolute Gasteiger partial charge is 0.355 e. The van der Waals surface area contributed by atoms with E-state index in [1.54, 1.807) is 0 Å². The van der Waals surface area contributed by atoms with Gasteiger partial charge in [0, 0.05) is 5.92 Å². The molecule has 0 radical (unpaired) electrons. The third-order valence-electron chi connectivity index (χ3n) is 2.99. The second-order valence-electron chi connectivity index (χ2n) is 3.70. The van der Waals surface area contributed by atoms with Gasteiger partial charge in [0.2, 0.25) is 0 Å². The first-order valence-corrected chi connectivity index (χ1v) is 4.72. The van der Waals surface area contributed by atoms with E-state index in [0.29, 0.717) is 18.8 Å². The lowest BCUT2D eigenvalue weighted by molar-refractivity contribution is -0.145. The van der Waals surface area contributed by atoms with E-state index in [1.165, 1.54) is 11.1 Å². The standard InChI is InChI=1S/C11H12O2/c1-2-4-9-8(3-1)5-11-10(9)6-12-7-13-11/h1-4,10-11H,5-7H2/t10-,11-/m1/s1. The molecule has 2 aliphatic rings. The first-order valence-electron chi connectivity index (χ1n) is 4.72. The summed E-state index contributed by atoms with van der Waals surface area (Å²) in [7, 11) is 0. The number of fused-ring (bicyclic) bond motifs is 3. The Bertz CT molecular complexity index is 322. The Morgan fingerprint density at radius 1 is 1.23 bits per heavy atom. The first kappa shape index (κ1) is 7.54. The fourth-order valence-corrected chi connectivity index (χ4v) is 2.32. The summed E-state index contributed by atoms with van der Waals surface area (Å²) in [4.78, 5) is 0. The Kier molecular flexibility index (Phi) is 1.64. The number of hydrogen-bond donors (Lipinski definition) is 0. The zero-order chi connectivity index (χ0) is 8.67. The van der Waals surface area contributed by atoms with Crippen LogP contribution in [0.1, 0.15) is 17.0 Å². The first-order chi connectivity index (χ1) is 6.45. The summed E-state index contributed by atoms with van der Waals surface area (Å²) in [5.41, 5.74) is 2.86. The molecule has 0 amide bonds.